The van der Waals surface area contributed by atoms with Crippen molar-refractivity contribution in [2.75, 3.05) is 6.61 Å². The average molecular weight is 577 g/mol. The zero-order chi connectivity index (χ0) is 26.4. The molecule has 0 radical (unpaired) electrons. The summed E-state index contributed by atoms with van der Waals surface area (Å²) in [7, 11) is 0. The lowest BCUT2D eigenvalue weighted by atomic mass is 10.2. The third-order valence-corrected chi connectivity index (χ3v) is 6.67. The van der Waals surface area contributed by atoms with Crippen molar-refractivity contribution in [1.82, 2.24) is 15.2 Å². The molecule has 0 saturated heterocycles. The van der Waals surface area contributed by atoms with Gasteiger partial charge in [0.2, 0.25) is 5.16 Å². The Kier molecular flexibility index (Phi) is 9.00. The predicted octanol–water partition coefficient (Wildman–Crippen LogP) is 7.63. The molecule has 0 aliphatic rings. The number of aromatic nitrogens is 3. The van der Waals surface area contributed by atoms with Gasteiger partial charge in [-0.1, -0.05) is 46.9 Å². The number of H-pyrrole nitrogens is 1. The Morgan fingerprint density at radius 3 is 2.46 bits per heavy atom. The summed E-state index contributed by atoms with van der Waals surface area (Å²) in [5.74, 6) is 0.360. The Hall–Kier alpha value is -3.17. The molecule has 4 rings (SSSR count). The Morgan fingerprint density at radius 2 is 1.76 bits per heavy atom. The molecular weight excluding hydrogens is 557 g/mol. The standard InChI is InChI=1S/C26H20Cl3N3O4S/c1-2-35-22-11-15(3-10-21(22)36-14-17-6-9-19(28)13-20(17)29)12-23(25(33)34)37-26-30-24(31-32-26)16-4-7-18(27)8-5-16/h3-13H,2,14H2,1H3,(H,33,34)(H,30,31,32)/b23-12-. The molecule has 37 heavy (non-hydrogen) atoms. The molecule has 0 aliphatic heterocycles. The van der Waals surface area contributed by atoms with Gasteiger partial charge in [0.05, 0.1) is 6.61 Å². The van der Waals surface area contributed by atoms with E-state index in [1.54, 1.807) is 60.7 Å². The quantitative estimate of drug-likeness (QED) is 0.148. The van der Waals surface area contributed by atoms with Crippen molar-refractivity contribution in [2.24, 2.45) is 0 Å². The second-order valence-electron chi connectivity index (χ2n) is 7.55. The number of carboxylic acid groups (broad SMARTS) is 1. The topological polar surface area (TPSA) is 97.3 Å². The van der Waals surface area contributed by atoms with Crippen LogP contribution in [0.5, 0.6) is 11.5 Å². The summed E-state index contributed by atoms with van der Waals surface area (Å²) in [5.41, 5.74) is 2.16. The van der Waals surface area contributed by atoms with E-state index in [-0.39, 0.29) is 16.7 Å². The van der Waals surface area contributed by atoms with Gasteiger partial charge in [-0.15, -0.1) is 5.10 Å². The molecule has 7 nitrogen and oxygen atoms in total. The maximum Gasteiger partial charge on any atom is 0.342 e. The molecule has 0 bridgehead atoms. The number of nitrogens with zero attached hydrogens (tertiary/aromatic N) is 2. The van der Waals surface area contributed by atoms with E-state index in [1.165, 1.54) is 6.08 Å². The van der Waals surface area contributed by atoms with E-state index < -0.39 is 5.97 Å². The third kappa shape index (κ3) is 7.20. The van der Waals surface area contributed by atoms with E-state index >= 15 is 0 Å². The van der Waals surface area contributed by atoms with Crippen LogP contribution in [0.2, 0.25) is 15.1 Å². The molecule has 0 atom stereocenters. The second-order valence-corrected chi connectivity index (χ2v) is 9.84. The molecule has 4 aromatic rings. The van der Waals surface area contributed by atoms with Crippen LogP contribution >= 0.6 is 46.6 Å². The SMILES string of the molecule is CCOc1cc(/C=C(\Sc2n[nH]c(-c3ccc(Cl)cc3)n2)C(=O)O)ccc1OCc1ccc(Cl)cc1Cl. The smallest absolute Gasteiger partial charge is 0.342 e. The van der Waals surface area contributed by atoms with Crippen molar-refractivity contribution in [1.29, 1.82) is 0 Å². The van der Waals surface area contributed by atoms with Crippen molar-refractivity contribution < 1.29 is 19.4 Å². The summed E-state index contributed by atoms with van der Waals surface area (Å²) in [6.45, 7) is 2.46. The molecular formula is C26H20Cl3N3O4S. The highest BCUT2D eigenvalue weighted by Gasteiger charge is 2.16. The van der Waals surface area contributed by atoms with Crippen LogP contribution in [0.3, 0.4) is 0 Å². The fourth-order valence-corrected chi connectivity index (χ4v) is 4.51. The second kappa shape index (κ2) is 12.4. The third-order valence-electron chi connectivity index (χ3n) is 4.96. The lowest BCUT2D eigenvalue weighted by molar-refractivity contribution is -0.131. The summed E-state index contributed by atoms with van der Waals surface area (Å²) >= 11 is 19.1. The summed E-state index contributed by atoms with van der Waals surface area (Å²) in [6.07, 6.45) is 1.52. The maximum absolute atomic E-state index is 12.0. The molecule has 11 heteroatoms. The van der Waals surface area contributed by atoms with Crippen molar-refractivity contribution in [3.63, 3.8) is 0 Å². The first-order valence-electron chi connectivity index (χ1n) is 11.0. The average Bonchev–Trinajstić information content (AvgIpc) is 3.33. The van der Waals surface area contributed by atoms with Gasteiger partial charge in [-0.05, 0) is 78.9 Å². The Bertz CT molecular complexity index is 1440. The normalized spacial score (nSPS) is 11.4. The first kappa shape index (κ1) is 26.9. The highest BCUT2D eigenvalue weighted by Crippen LogP contribution is 2.33. The first-order chi connectivity index (χ1) is 17.8. The minimum Gasteiger partial charge on any atom is -0.490 e. The molecule has 0 fully saturated rings. The molecule has 0 spiro atoms. The molecule has 0 unspecified atom stereocenters. The molecule has 0 saturated carbocycles. The minimum atomic E-state index is -1.11. The molecule has 0 aliphatic carbocycles. The summed E-state index contributed by atoms with van der Waals surface area (Å²) in [6, 6.07) is 17.4. The monoisotopic (exact) mass is 575 g/mol. The Labute approximate surface area is 232 Å². The number of carboxylic acids is 1. The van der Waals surface area contributed by atoms with E-state index in [0.717, 1.165) is 22.9 Å². The van der Waals surface area contributed by atoms with Crippen molar-refractivity contribution in [3.05, 3.63) is 91.8 Å². The lowest BCUT2D eigenvalue weighted by Crippen LogP contribution is -2.01. The van der Waals surface area contributed by atoms with Crippen LogP contribution in [0, 0.1) is 0 Å². The number of ether oxygens (including phenoxy) is 2. The predicted molar refractivity (Wildman–Crippen MR) is 147 cm³/mol. The zero-order valence-corrected chi connectivity index (χ0v) is 22.5. The number of aliphatic carboxylic acids is 1. The molecule has 0 amide bonds. The number of aromatic amines is 1. The van der Waals surface area contributed by atoms with Gasteiger partial charge in [0.15, 0.2) is 17.3 Å². The van der Waals surface area contributed by atoms with Gasteiger partial charge < -0.3 is 14.6 Å². The summed E-state index contributed by atoms with van der Waals surface area (Å²) in [4.78, 5) is 16.4. The van der Waals surface area contributed by atoms with Crippen LogP contribution in [-0.4, -0.2) is 32.9 Å². The van der Waals surface area contributed by atoms with Gasteiger partial charge >= 0.3 is 5.97 Å². The highest BCUT2D eigenvalue weighted by molar-refractivity contribution is 8.04. The van der Waals surface area contributed by atoms with Crippen LogP contribution in [0.4, 0.5) is 0 Å². The van der Waals surface area contributed by atoms with Gasteiger partial charge in [0.1, 0.15) is 11.5 Å². The number of halogens is 3. The summed E-state index contributed by atoms with van der Waals surface area (Å²) < 4.78 is 11.7. The fraction of sp³-hybridized carbons (Fsp3) is 0.115. The van der Waals surface area contributed by atoms with Gasteiger partial charge in [0.25, 0.3) is 0 Å². The van der Waals surface area contributed by atoms with Crippen molar-refractivity contribution in [3.8, 4) is 22.9 Å². The van der Waals surface area contributed by atoms with E-state index in [4.69, 9.17) is 44.3 Å². The van der Waals surface area contributed by atoms with Crippen molar-refractivity contribution in [2.45, 2.75) is 18.7 Å². The van der Waals surface area contributed by atoms with Crippen LogP contribution in [-0.2, 0) is 11.4 Å². The van der Waals surface area contributed by atoms with E-state index in [2.05, 4.69) is 15.2 Å². The Morgan fingerprint density at radius 1 is 1.00 bits per heavy atom. The van der Waals surface area contributed by atoms with Crippen LogP contribution < -0.4 is 9.47 Å². The number of nitrogens with one attached hydrogen (secondary N) is 1. The van der Waals surface area contributed by atoms with Crippen LogP contribution in [0.15, 0.2) is 70.7 Å². The van der Waals surface area contributed by atoms with Crippen LogP contribution in [0.25, 0.3) is 17.5 Å². The molecule has 2 N–H and O–H groups in total. The lowest BCUT2D eigenvalue weighted by Gasteiger charge is -2.13. The number of rotatable bonds is 10. The van der Waals surface area contributed by atoms with Gasteiger partial charge in [0, 0.05) is 26.2 Å². The number of hydrogen-bond acceptors (Lipinski definition) is 6. The van der Waals surface area contributed by atoms with E-state index in [0.29, 0.717) is 44.6 Å². The highest BCUT2D eigenvalue weighted by atomic mass is 35.5. The molecule has 190 valence electrons. The van der Waals surface area contributed by atoms with E-state index in [1.807, 2.05) is 6.92 Å². The maximum atomic E-state index is 12.0. The van der Waals surface area contributed by atoms with Gasteiger partial charge in [-0.3, -0.25) is 5.10 Å². The Balaban J connectivity index is 1.53. The molecule has 1 aromatic heterocycles. The van der Waals surface area contributed by atoms with Crippen molar-refractivity contribution >= 4 is 58.6 Å². The molecule has 3 aromatic carbocycles. The number of benzene rings is 3. The van der Waals surface area contributed by atoms with Gasteiger partial charge in [-0.25, -0.2) is 9.78 Å². The number of hydrogen-bond donors (Lipinski definition) is 2. The van der Waals surface area contributed by atoms with E-state index in [9.17, 15) is 9.90 Å². The van der Waals surface area contributed by atoms with Crippen LogP contribution in [0.1, 0.15) is 18.1 Å². The zero-order valence-electron chi connectivity index (χ0n) is 19.4. The summed E-state index contributed by atoms with van der Waals surface area (Å²) in [5, 5.41) is 18.6. The molecule has 1 heterocycles. The van der Waals surface area contributed by atoms with Gasteiger partial charge in [-0.2, -0.15) is 0 Å². The first-order valence-corrected chi connectivity index (χ1v) is 12.9. The largest absolute Gasteiger partial charge is 0.490 e. The number of carbonyl (C=O) groups is 1. The minimum absolute atomic E-state index is 0.0331. The fourth-order valence-electron chi connectivity index (χ4n) is 3.21. The number of thioether (sulfide) groups is 1.